The van der Waals surface area contributed by atoms with Crippen LogP contribution in [0.15, 0.2) is 0 Å². The first-order valence-corrected chi connectivity index (χ1v) is 8.20. The Labute approximate surface area is 63.2 Å². The molecular formula is C5H14O3SSi. The van der Waals surface area contributed by atoms with Gasteiger partial charge in [-0.1, -0.05) is 19.6 Å². The zero-order valence-electron chi connectivity index (χ0n) is 6.75. The van der Waals surface area contributed by atoms with Crippen molar-refractivity contribution in [3.63, 3.8) is 0 Å². The molecule has 62 valence electrons. The Morgan fingerprint density at radius 1 is 1.30 bits per heavy atom. The molecule has 0 saturated carbocycles. The van der Waals surface area contributed by atoms with Gasteiger partial charge < -0.3 is 0 Å². The highest BCUT2D eigenvalue weighted by molar-refractivity contribution is 7.88. The Bertz CT molecular complexity index is 201. The van der Waals surface area contributed by atoms with Crippen LogP contribution in [-0.4, -0.2) is 25.9 Å². The summed E-state index contributed by atoms with van der Waals surface area (Å²) in [6, 6.07) is 0. The fraction of sp³-hybridized carbons (Fsp3) is 1.00. The van der Waals surface area contributed by atoms with E-state index in [1.807, 2.05) is 19.6 Å². The highest BCUT2D eigenvalue weighted by Crippen LogP contribution is 2.13. The fourth-order valence-corrected chi connectivity index (χ4v) is 4.02. The van der Waals surface area contributed by atoms with Crippen LogP contribution in [0.3, 0.4) is 0 Å². The van der Waals surface area contributed by atoms with Crippen molar-refractivity contribution in [2.75, 3.05) is 0 Å². The first-order chi connectivity index (χ1) is 4.15. The summed E-state index contributed by atoms with van der Waals surface area (Å²) < 4.78 is 29.8. The topological polar surface area (TPSA) is 54.4 Å². The highest BCUT2D eigenvalue weighted by Gasteiger charge is 2.32. The van der Waals surface area contributed by atoms with E-state index in [9.17, 15) is 8.42 Å². The molecule has 0 aromatic rings. The van der Waals surface area contributed by atoms with Crippen molar-refractivity contribution in [1.29, 1.82) is 0 Å². The Kier molecular flexibility index (Phi) is 2.67. The Morgan fingerprint density at radius 2 is 1.60 bits per heavy atom. The second-order valence-electron chi connectivity index (χ2n) is 3.52. The summed E-state index contributed by atoms with van der Waals surface area (Å²) in [5, 5.41) is 0. The molecule has 0 aromatic carbocycles. The lowest BCUT2D eigenvalue weighted by atomic mass is 11.0. The van der Waals surface area contributed by atoms with E-state index in [-0.39, 0.29) is 0 Å². The van der Waals surface area contributed by atoms with Crippen LogP contribution in [0.1, 0.15) is 6.92 Å². The first-order valence-electron chi connectivity index (χ1n) is 3.12. The van der Waals surface area contributed by atoms with Gasteiger partial charge in [0.05, 0.1) is 12.9 Å². The third kappa shape index (κ3) is 2.81. The van der Waals surface area contributed by atoms with Crippen molar-refractivity contribution in [2.45, 2.75) is 31.4 Å². The molecule has 0 aliphatic carbocycles. The van der Waals surface area contributed by atoms with Gasteiger partial charge in [0.25, 0.3) is 10.1 Å². The van der Waals surface area contributed by atoms with Crippen LogP contribution in [0.5, 0.6) is 0 Å². The molecule has 0 aliphatic rings. The average Bonchev–Trinajstić information content (AvgIpc) is 1.59. The molecule has 0 aliphatic heterocycles. The lowest BCUT2D eigenvalue weighted by Gasteiger charge is -2.21. The molecule has 0 rings (SSSR count). The van der Waals surface area contributed by atoms with E-state index in [2.05, 4.69) is 0 Å². The number of hydrogen-bond donors (Lipinski definition) is 1. The van der Waals surface area contributed by atoms with Gasteiger partial charge in [0.1, 0.15) is 0 Å². The second-order valence-corrected chi connectivity index (χ2v) is 11.3. The minimum atomic E-state index is -3.80. The van der Waals surface area contributed by atoms with Crippen molar-refractivity contribution in [3.8, 4) is 0 Å². The molecular weight excluding hydrogens is 168 g/mol. The lowest BCUT2D eigenvalue weighted by molar-refractivity contribution is 0.480. The summed E-state index contributed by atoms with van der Waals surface area (Å²) in [6.45, 7) is 7.28. The summed E-state index contributed by atoms with van der Waals surface area (Å²) in [5.74, 6) is 0. The van der Waals surface area contributed by atoms with Crippen molar-refractivity contribution in [3.05, 3.63) is 0 Å². The molecule has 3 nitrogen and oxygen atoms in total. The van der Waals surface area contributed by atoms with Crippen LogP contribution in [0, 0.1) is 0 Å². The monoisotopic (exact) mass is 182 g/mol. The van der Waals surface area contributed by atoms with E-state index in [1.165, 1.54) is 0 Å². The summed E-state index contributed by atoms with van der Waals surface area (Å²) >= 11 is 0. The molecule has 0 amide bonds. The molecule has 1 N–H and O–H groups in total. The van der Waals surface area contributed by atoms with Gasteiger partial charge >= 0.3 is 0 Å². The van der Waals surface area contributed by atoms with Gasteiger partial charge in [-0.05, 0) is 6.92 Å². The zero-order chi connectivity index (χ0) is 8.58. The van der Waals surface area contributed by atoms with Crippen LogP contribution in [0.2, 0.25) is 19.6 Å². The van der Waals surface area contributed by atoms with Crippen LogP contribution < -0.4 is 0 Å². The van der Waals surface area contributed by atoms with Crippen LogP contribution in [0.25, 0.3) is 0 Å². The normalized spacial score (nSPS) is 16.9. The average molecular weight is 182 g/mol. The van der Waals surface area contributed by atoms with Gasteiger partial charge in [-0.25, -0.2) is 0 Å². The predicted molar refractivity (Wildman–Crippen MR) is 44.4 cm³/mol. The highest BCUT2D eigenvalue weighted by atomic mass is 32.2. The predicted octanol–water partition coefficient (Wildman–Crippen LogP) is 1.14. The van der Waals surface area contributed by atoms with E-state index >= 15 is 0 Å². The van der Waals surface area contributed by atoms with Gasteiger partial charge in [0.2, 0.25) is 0 Å². The quantitative estimate of drug-likeness (QED) is 0.514. The van der Waals surface area contributed by atoms with E-state index < -0.39 is 23.1 Å². The Balaban J connectivity index is 4.56. The molecule has 0 fully saturated rings. The largest absolute Gasteiger partial charge is 0.286 e. The molecule has 0 saturated heterocycles. The van der Waals surface area contributed by atoms with Gasteiger partial charge in [0.15, 0.2) is 0 Å². The maximum Gasteiger partial charge on any atom is 0.264 e. The van der Waals surface area contributed by atoms with Crippen molar-refractivity contribution < 1.29 is 13.0 Å². The zero-order valence-corrected chi connectivity index (χ0v) is 8.57. The second kappa shape index (κ2) is 2.63. The lowest BCUT2D eigenvalue weighted by Crippen LogP contribution is -2.41. The molecule has 0 spiro atoms. The summed E-state index contributed by atoms with van der Waals surface area (Å²) in [5.41, 5.74) is 0. The summed E-state index contributed by atoms with van der Waals surface area (Å²) in [6.07, 6.45) is 0. The van der Waals surface area contributed by atoms with Crippen molar-refractivity contribution in [2.24, 2.45) is 0 Å². The molecule has 0 radical (unpaired) electrons. The standard InChI is InChI=1S/C5H14O3SSi/c1-5(9(6,7)8)10(2,3)4/h5H,1-4H3,(H,6,7,8). The van der Waals surface area contributed by atoms with Crippen LogP contribution >= 0.6 is 0 Å². The van der Waals surface area contributed by atoms with Crippen LogP contribution in [-0.2, 0) is 10.1 Å². The third-order valence-electron chi connectivity index (χ3n) is 1.67. The molecule has 0 aromatic heterocycles. The minimum Gasteiger partial charge on any atom is -0.286 e. The maximum absolute atomic E-state index is 10.6. The van der Waals surface area contributed by atoms with Crippen LogP contribution in [0.4, 0.5) is 0 Å². The van der Waals surface area contributed by atoms with Gasteiger partial charge in [-0.3, -0.25) is 4.55 Å². The van der Waals surface area contributed by atoms with Crippen molar-refractivity contribution >= 4 is 18.2 Å². The smallest absolute Gasteiger partial charge is 0.264 e. The van der Waals surface area contributed by atoms with E-state index in [0.29, 0.717) is 0 Å². The molecule has 0 bridgehead atoms. The van der Waals surface area contributed by atoms with Gasteiger partial charge in [-0.15, -0.1) is 0 Å². The third-order valence-corrected chi connectivity index (χ3v) is 8.01. The SMILES string of the molecule is CC([Si](C)(C)C)S(=O)(=O)O. The van der Waals surface area contributed by atoms with E-state index in [4.69, 9.17) is 4.55 Å². The Morgan fingerprint density at radius 3 is 1.60 bits per heavy atom. The van der Waals surface area contributed by atoms with Crippen molar-refractivity contribution in [1.82, 2.24) is 0 Å². The van der Waals surface area contributed by atoms with E-state index in [1.54, 1.807) is 6.92 Å². The van der Waals surface area contributed by atoms with Gasteiger partial charge in [-0.2, -0.15) is 8.42 Å². The molecule has 1 atom stereocenters. The summed E-state index contributed by atoms with van der Waals surface area (Å²) in [4.78, 5) is -0.569. The fourth-order valence-electron chi connectivity index (χ4n) is 0.447. The Hall–Kier alpha value is 0.127. The number of rotatable bonds is 2. The number of hydrogen-bond acceptors (Lipinski definition) is 2. The minimum absolute atomic E-state index is 0.569. The van der Waals surface area contributed by atoms with E-state index in [0.717, 1.165) is 0 Å². The molecule has 0 heterocycles. The van der Waals surface area contributed by atoms with Gasteiger partial charge in [0, 0.05) is 0 Å². The first kappa shape index (κ1) is 10.1. The molecule has 5 heteroatoms. The molecule has 10 heavy (non-hydrogen) atoms. The summed E-state index contributed by atoms with van der Waals surface area (Å²) in [7, 11) is -5.53. The maximum atomic E-state index is 10.6. The molecule has 1 unspecified atom stereocenters.